The van der Waals surface area contributed by atoms with E-state index in [0.29, 0.717) is 0 Å². The molecule has 1 rings (SSSR count). The highest BCUT2D eigenvalue weighted by atomic mass is 32.1. The normalized spacial score (nSPS) is 9.09. The van der Waals surface area contributed by atoms with E-state index in [9.17, 15) is 10.1 Å². The van der Waals surface area contributed by atoms with Crippen LogP contribution in [0.1, 0.15) is 5.69 Å². The van der Waals surface area contributed by atoms with Crippen molar-refractivity contribution in [2.75, 3.05) is 0 Å². The molecule has 0 spiro atoms. The number of thiocarbonyl (C=S) groups is 1. The number of nitro groups is 1. The third-order valence-corrected chi connectivity index (χ3v) is 1.27. The molecule has 0 aliphatic heterocycles. The molecule has 4 nitrogen and oxygen atoms in total. The predicted molar refractivity (Wildman–Crippen MR) is 42.6 cm³/mol. The number of rotatable bonds is 2. The van der Waals surface area contributed by atoms with E-state index in [4.69, 9.17) is 0 Å². The number of hydrogen-bond donors (Lipinski definition) is 0. The first-order valence-electron chi connectivity index (χ1n) is 2.73. The number of aromatic nitrogens is 1. The van der Waals surface area contributed by atoms with Crippen LogP contribution in [0.25, 0.3) is 0 Å². The lowest BCUT2D eigenvalue weighted by molar-refractivity contribution is -0.385. The van der Waals surface area contributed by atoms with Crippen LogP contribution < -0.4 is 0 Å². The summed E-state index contributed by atoms with van der Waals surface area (Å²) in [6.45, 7) is 0. The highest BCUT2D eigenvalue weighted by molar-refractivity contribution is 7.79. The van der Waals surface area contributed by atoms with Crippen molar-refractivity contribution in [2.24, 2.45) is 0 Å². The van der Waals surface area contributed by atoms with Crippen molar-refractivity contribution in [1.82, 2.24) is 4.98 Å². The molecule has 5 heteroatoms. The Kier molecular flexibility index (Phi) is 2.22. The fraction of sp³-hybridized carbons (Fsp3) is 0. The highest BCUT2D eigenvalue weighted by Gasteiger charge is 2.10. The SMILES string of the molecule is O=[N+]([O-])c1cccnc1[C]=S. The number of pyridine rings is 1. The largest absolute Gasteiger partial charge is 0.296 e. The van der Waals surface area contributed by atoms with Gasteiger partial charge in [0, 0.05) is 12.3 Å². The molecule has 0 aromatic carbocycles. The summed E-state index contributed by atoms with van der Waals surface area (Å²) < 4.78 is 0. The summed E-state index contributed by atoms with van der Waals surface area (Å²) >= 11 is 4.41. The Bertz CT molecular complexity index is 300. The molecule has 0 aliphatic carbocycles. The third-order valence-electron chi connectivity index (χ3n) is 1.08. The van der Waals surface area contributed by atoms with Gasteiger partial charge in [0.05, 0.1) is 10.3 Å². The van der Waals surface area contributed by atoms with Crippen molar-refractivity contribution in [3.63, 3.8) is 0 Å². The van der Waals surface area contributed by atoms with Crippen LogP contribution in [0.2, 0.25) is 0 Å². The van der Waals surface area contributed by atoms with Crippen molar-refractivity contribution >= 4 is 23.3 Å². The first kappa shape index (κ1) is 7.74. The Morgan fingerprint density at radius 3 is 2.91 bits per heavy atom. The molecule has 0 amide bonds. The first-order chi connectivity index (χ1) is 5.25. The van der Waals surface area contributed by atoms with Crippen LogP contribution in [0.3, 0.4) is 0 Å². The molecule has 0 bridgehead atoms. The number of hydrogen-bond acceptors (Lipinski definition) is 4. The lowest BCUT2D eigenvalue weighted by Gasteiger charge is -1.91. The van der Waals surface area contributed by atoms with Gasteiger partial charge in [-0.3, -0.25) is 10.1 Å². The summed E-state index contributed by atoms with van der Waals surface area (Å²) in [5, 5.41) is 12.5. The Labute approximate surface area is 68.0 Å². The van der Waals surface area contributed by atoms with Crippen LogP contribution in [0, 0.1) is 10.1 Å². The summed E-state index contributed by atoms with van der Waals surface area (Å²) in [7, 11) is 0. The van der Waals surface area contributed by atoms with Gasteiger partial charge in [-0.25, -0.2) is 4.98 Å². The average Bonchev–Trinajstić information content (AvgIpc) is 2.04. The van der Waals surface area contributed by atoms with Gasteiger partial charge in [-0.15, -0.1) is 0 Å². The fourth-order valence-corrected chi connectivity index (χ4v) is 0.780. The molecule has 1 aromatic rings. The molecule has 0 fully saturated rings. The second kappa shape index (κ2) is 3.16. The molecule has 0 unspecified atom stereocenters. The lowest BCUT2D eigenvalue weighted by Crippen LogP contribution is -1.95. The van der Waals surface area contributed by atoms with Gasteiger partial charge in [0.1, 0.15) is 0 Å². The molecule has 0 atom stereocenters. The molecule has 1 heterocycles. The second-order valence-corrected chi connectivity index (χ2v) is 1.93. The van der Waals surface area contributed by atoms with E-state index in [0.717, 1.165) is 0 Å². The van der Waals surface area contributed by atoms with Gasteiger partial charge < -0.3 is 0 Å². The van der Waals surface area contributed by atoms with E-state index in [1.165, 1.54) is 18.3 Å². The fourth-order valence-electron chi connectivity index (χ4n) is 0.623. The predicted octanol–water partition coefficient (Wildman–Crippen LogP) is 1.21. The second-order valence-electron chi connectivity index (χ2n) is 1.73. The molecule has 0 saturated carbocycles. The zero-order valence-corrected chi connectivity index (χ0v) is 6.17. The van der Waals surface area contributed by atoms with Crippen LogP contribution in [0.5, 0.6) is 0 Å². The quantitative estimate of drug-likeness (QED) is 0.377. The third kappa shape index (κ3) is 1.56. The zero-order chi connectivity index (χ0) is 8.27. The first-order valence-corrected chi connectivity index (χ1v) is 3.14. The van der Waals surface area contributed by atoms with Crippen molar-refractivity contribution < 1.29 is 4.92 Å². The summed E-state index contributed by atoms with van der Waals surface area (Å²) in [4.78, 5) is 13.4. The topological polar surface area (TPSA) is 56.0 Å². The zero-order valence-electron chi connectivity index (χ0n) is 5.35. The maximum atomic E-state index is 10.3. The van der Waals surface area contributed by atoms with Gasteiger partial charge in [0.25, 0.3) is 5.69 Å². The van der Waals surface area contributed by atoms with E-state index in [1.807, 2.05) is 0 Å². The standard InChI is InChI=1S/C6H3N2O2S/c9-8(10)6-2-1-3-7-5(6)4-11/h1-3H. The Morgan fingerprint density at radius 2 is 2.45 bits per heavy atom. The molecule has 1 radical (unpaired) electrons. The Hall–Kier alpha value is -1.36. The molecular formula is C6H3N2O2S. The smallest absolute Gasteiger partial charge is 0.258 e. The van der Waals surface area contributed by atoms with Gasteiger partial charge >= 0.3 is 0 Å². The van der Waals surface area contributed by atoms with Crippen molar-refractivity contribution in [2.45, 2.75) is 0 Å². The Balaban J connectivity index is 3.22. The van der Waals surface area contributed by atoms with E-state index in [2.05, 4.69) is 22.6 Å². The summed E-state index contributed by atoms with van der Waals surface area (Å²) in [6.07, 6.45) is 1.43. The average molecular weight is 167 g/mol. The van der Waals surface area contributed by atoms with Crippen molar-refractivity contribution in [3.8, 4) is 0 Å². The summed E-state index contributed by atoms with van der Waals surface area (Å²) in [5.74, 6) is 0. The van der Waals surface area contributed by atoms with Crippen LogP contribution in [0.4, 0.5) is 5.69 Å². The molecular weight excluding hydrogens is 164 g/mol. The maximum Gasteiger partial charge on any atom is 0.296 e. The van der Waals surface area contributed by atoms with Gasteiger partial charge in [0.15, 0.2) is 5.69 Å². The highest BCUT2D eigenvalue weighted by Crippen LogP contribution is 2.12. The van der Waals surface area contributed by atoms with Gasteiger partial charge in [-0.1, -0.05) is 12.2 Å². The van der Waals surface area contributed by atoms with Gasteiger partial charge in [-0.2, -0.15) is 0 Å². The van der Waals surface area contributed by atoms with Crippen molar-refractivity contribution in [3.05, 3.63) is 34.1 Å². The summed E-state index contributed by atoms with van der Waals surface area (Å²) in [6, 6.07) is 2.82. The van der Waals surface area contributed by atoms with Gasteiger partial charge in [0.2, 0.25) is 0 Å². The van der Waals surface area contributed by atoms with Crippen LogP contribution in [0.15, 0.2) is 18.3 Å². The molecule has 0 aliphatic rings. The van der Waals surface area contributed by atoms with Crippen LogP contribution in [-0.4, -0.2) is 15.3 Å². The van der Waals surface area contributed by atoms with E-state index in [-0.39, 0.29) is 11.4 Å². The van der Waals surface area contributed by atoms with E-state index < -0.39 is 4.92 Å². The van der Waals surface area contributed by atoms with E-state index >= 15 is 0 Å². The monoisotopic (exact) mass is 167 g/mol. The Morgan fingerprint density at radius 1 is 1.73 bits per heavy atom. The molecule has 55 valence electrons. The molecule has 0 N–H and O–H groups in total. The minimum absolute atomic E-state index is 0.104. The van der Waals surface area contributed by atoms with Crippen LogP contribution in [-0.2, 0) is 0 Å². The van der Waals surface area contributed by atoms with Gasteiger partial charge in [-0.05, 0) is 6.07 Å². The van der Waals surface area contributed by atoms with Crippen LogP contribution >= 0.6 is 12.2 Å². The summed E-state index contributed by atoms with van der Waals surface area (Å²) in [5.41, 5.74) is -0.00463. The molecule has 11 heavy (non-hydrogen) atoms. The number of nitrogens with zero attached hydrogens (tertiary/aromatic N) is 2. The minimum atomic E-state index is -0.540. The molecule has 0 saturated heterocycles. The maximum absolute atomic E-state index is 10.3. The lowest BCUT2D eigenvalue weighted by atomic mass is 10.3. The molecule has 1 aromatic heterocycles. The minimum Gasteiger partial charge on any atom is -0.258 e. The van der Waals surface area contributed by atoms with E-state index in [1.54, 1.807) is 0 Å². The van der Waals surface area contributed by atoms with Crippen molar-refractivity contribution in [1.29, 1.82) is 0 Å².